The van der Waals surface area contributed by atoms with Gasteiger partial charge in [-0.1, -0.05) is 20.8 Å². The Balaban J connectivity index is 2.92. The van der Waals surface area contributed by atoms with Gasteiger partial charge in [0.15, 0.2) is 0 Å². The molecular formula is C10H17N5O2. The van der Waals surface area contributed by atoms with Crippen LogP contribution >= 0.6 is 0 Å². The Kier molecular flexibility index (Phi) is 3.82. The summed E-state index contributed by atoms with van der Waals surface area (Å²) in [6.45, 7) is 6.78. The van der Waals surface area contributed by atoms with E-state index in [1.165, 1.54) is 6.33 Å². The van der Waals surface area contributed by atoms with Gasteiger partial charge in [0.1, 0.15) is 6.33 Å². The Hall–Kier alpha value is -1.92. The zero-order valence-electron chi connectivity index (χ0n) is 10.2. The number of nitro groups is 1. The van der Waals surface area contributed by atoms with Crippen LogP contribution in [0.3, 0.4) is 0 Å². The molecule has 1 rings (SSSR count). The predicted molar refractivity (Wildman–Crippen MR) is 65.7 cm³/mol. The van der Waals surface area contributed by atoms with Gasteiger partial charge in [0.25, 0.3) is 0 Å². The van der Waals surface area contributed by atoms with Gasteiger partial charge in [-0.2, -0.15) is 0 Å². The quantitative estimate of drug-likeness (QED) is 0.599. The summed E-state index contributed by atoms with van der Waals surface area (Å²) in [4.78, 5) is 17.7. The monoisotopic (exact) mass is 239 g/mol. The van der Waals surface area contributed by atoms with E-state index < -0.39 is 4.92 Å². The van der Waals surface area contributed by atoms with Crippen molar-refractivity contribution in [2.45, 2.75) is 27.2 Å². The van der Waals surface area contributed by atoms with Gasteiger partial charge in [0.2, 0.25) is 11.6 Å². The fraction of sp³-hybridized carbons (Fsp3) is 0.600. The van der Waals surface area contributed by atoms with Crippen molar-refractivity contribution in [2.24, 2.45) is 5.41 Å². The second kappa shape index (κ2) is 4.94. The van der Waals surface area contributed by atoms with Gasteiger partial charge in [0.05, 0.1) is 4.92 Å². The molecule has 17 heavy (non-hydrogen) atoms. The Labute approximate surface area is 99.6 Å². The molecule has 0 radical (unpaired) electrons. The molecule has 3 N–H and O–H groups in total. The molecule has 94 valence electrons. The Morgan fingerprint density at radius 2 is 2.18 bits per heavy atom. The summed E-state index contributed by atoms with van der Waals surface area (Å²) in [5.74, 6) is 0.0471. The first-order valence-corrected chi connectivity index (χ1v) is 5.36. The summed E-state index contributed by atoms with van der Waals surface area (Å²) in [7, 11) is 0. The number of hydrogen-bond donors (Lipinski definition) is 2. The second-order valence-corrected chi connectivity index (χ2v) is 4.58. The van der Waals surface area contributed by atoms with E-state index >= 15 is 0 Å². The fourth-order valence-corrected chi connectivity index (χ4v) is 1.15. The van der Waals surface area contributed by atoms with E-state index in [1.54, 1.807) is 0 Å². The van der Waals surface area contributed by atoms with Crippen LogP contribution in [0.5, 0.6) is 0 Å². The number of nitrogens with one attached hydrogen (secondary N) is 1. The lowest BCUT2D eigenvalue weighted by molar-refractivity contribution is -0.383. The second-order valence-electron chi connectivity index (χ2n) is 4.58. The lowest BCUT2D eigenvalue weighted by Crippen LogP contribution is -2.23. The molecule has 0 bridgehead atoms. The van der Waals surface area contributed by atoms with Crippen molar-refractivity contribution in [2.75, 3.05) is 17.6 Å². The number of nitrogens with two attached hydrogens (primary N) is 1. The maximum absolute atomic E-state index is 10.8. The normalized spacial score (nSPS) is 11.2. The van der Waals surface area contributed by atoms with Crippen molar-refractivity contribution in [1.82, 2.24) is 9.97 Å². The lowest BCUT2D eigenvalue weighted by Gasteiger charge is -2.22. The summed E-state index contributed by atoms with van der Waals surface area (Å²) in [5.41, 5.74) is 5.23. The van der Waals surface area contributed by atoms with Crippen LogP contribution in [0.1, 0.15) is 27.2 Å². The third kappa shape index (κ3) is 3.27. The molecular weight excluding hydrogens is 222 g/mol. The largest absolute Gasteiger partial charge is 0.378 e. The van der Waals surface area contributed by atoms with E-state index in [2.05, 4.69) is 36.1 Å². The van der Waals surface area contributed by atoms with E-state index in [0.717, 1.165) is 6.42 Å². The van der Waals surface area contributed by atoms with Crippen molar-refractivity contribution in [3.63, 3.8) is 0 Å². The summed E-state index contributed by atoms with van der Waals surface area (Å²) in [5, 5.41) is 13.8. The molecule has 0 saturated carbocycles. The summed E-state index contributed by atoms with van der Waals surface area (Å²) < 4.78 is 0. The molecule has 7 heteroatoms. The molecule has 0 aliphatic rings. The number of anilines is 2. The molecule has 1 aromatic rings. The zero-order valence-corrected chi connectivity index (χ0v) is 10.2. The topological polar surface area (TPSA) is 107 Å². The fourth-order valence-electron chi connectivity index (χ4n) is 1.15. The van der Waals surface area contributed by atoms with Crippen LogP contribution in [0.15, 0.2) is 6.33 Å². The smallest absolute Gasteiger partial charge is 0.352 e. The minimum atomic E-state index is -0.573. The molecule has 0 aromatic carbocycles. The van der Waals surface area contributed by atoms with Gasteiger partial charge < -0.3 is 11.1 Å². The molecule has 0 saturated heterocycles. The van der Waals surface area contributed by atoms with Crippen LogP contribution in [-0.4, -0.2) is 21.4 Å². The van der Waals surface area contributed by atoms with Crippen LogP contribution in [0, 0.1) is 15.5 Å². The number of hydrogen-bond acceptors (Lipinski definition) is 6. The average molecular weight is 239 g/mol. The molecule has 0 aliphatic carbocycles. The highest BCUT2D eigenvalue weighted by atomic mass is 16.6. The number of rotatable bonds is 5. The molecule has 0 amide bonds. The summed E-state index contributed by atoms with van der Waals surface area (Å²) >= 11 is 0. The maximum atomic E-state index is 10.8. The van der Waals surface area contributed by atoms with Gasteiger partial charge in [-0.15, -0.1) is 0 Å². The van der Waals surface area contributed by atoms with Crippen LogP contribution in [0.4, 0.5) is 17.3 Å². The summed E-state index contributed by atoms with van der Waals surface area (Å²) in [6, 6.07) is 0. The van der Waals surface area contributed by atoms with Crippen LogP contribution in [0.25, 0.3) is 0 Å². The van der Waals surface area contributed by atoms with Crippen LogP contribution in [0.2, 0.25) is 0 Å². The first kappa shape index (κ1) is 13.1. The van der Waals surface area contributed by atoms with Gasteiger partial charge >= 0.3 is 5.69 Å². The van der Waals surface area contributed by atoms with E-state index in [9.17, 15) is 10.1 Å². The molecule has 7 nitrogen and oxygen atoms in total. The number of nitrogen functional groups attached to an aromatic ring is 1. The first-order valence-electron chi connectivity index (χ1n) is 5.36. The average Bonchev–Trinajstić information content (AvgIpc) is 2.26. The Morgan fingerprint density at radius 3 is 2.71 bits per heavy atom. The van der Waals surface area contributed by atoms with Crippen LogP contribution < -0.4 is 11.1 Å². The highest BCUT2D eigenvalue weighted by Crippen LogP contribution is 2.28. The van der Waals surface area contributed by atoms with Crippen molar-refractivity contribution < 1.29 is 4.92 Å². The highest BCUT2D eigenvalue weighted by Gasteiger charge is 2.23. The molecule has 0 unspecified atom stereocenters. The van der Waals surface area contributed by atoms with Gasteiger partial charge in [0, 0.05) is 6.54 Å². The number of aromatic nitrogens is 2. The summed E-state index contributed by atoms with van der Waals surface area (Å²) in [6.07, 6.45) is 2.16. The Morgan fingerprint density at radius 1 is 1.53 bits per heavy atom. The van der Waals surface area contributed by atoms with Crippen molar-refractivity contribution >= 4 is 17.3 Å². The van der Waals surface area contributed by atoms with Crippen molar-refractivity contribution in [1.29, 1.82) is 0 Å². The maximum Gasteiger partial charge on any atom is 0.352 e. The lowest BCUT2D eigenvalue weighted by atomic mass is 9.90. The van der Waals surface area contributed by atoms with E-state index in [0.29, 0.717) is 6.54 Å². The van der Waals surface area contributed by atoms with Gasteiger partial charge in [-0.25, -0.2) is 9.97 Å². The van der Waals surface area contributed by atoms with Gasteiger partial charge in [-0.05, 0) is 11.8 Å². The highest BCUT2D eigenvalue weighted by molar-refractivity contribution is 5.67. The molecule has 0 atom stereocenters. The molecule has 0 spiro atoms. The molecule has 1 heterocycles. The van der Waals surface area contributed by atoms with E-state index in [1.807, 2.05) is 0 Å². The number of nitrogens with zero attached hydrogens (tertiary/aromatic N) is 3. The zero-order chi connectivity index (χ0) is 13.1. The third-order valence-corrected chi connectivity index (χ3v) is 2.72. The predicted octanol–water partition coefficient (Wildman–Crippen LogP) is 1.82. The SMILES string of the molecule is CCC(C)(C)CNc1ncnc(N)c1[N+](=O)[O-]. The minimum Gasteiger partial charge on any atom is -0.378 e. The first-order chi connectivity index (χ1) is 7.87. The van der Waals surface area contributed by atoms with Crippen LogP contribution in [-0.2, 0) is 0 Å². The Bertz CT molecular complexity index is 419. The van der Waals surface area contributed by atoms with E-state index in [4.69, 9.17) is 5.73 Å². The minimum absolute atomic E-state index is 0.0353. The molecule has 0 aliphatic heterocycles. The molecule has 1 aromatic heterocycles. The standard InChI is InChI=1S/C10H17N5O2/c1-4-10(2,3)5-12-9-7(15(16)17)8(11)13-6-14-9/h6H,4-5H2,1-3H3,(H3,11,12,13,14). The molecule has 0 fully saturated rings. The van der Waals surface area contributed by atoms with Crippen molar-refractivity contribution in [3.05, 3.63) is 16.4 Å². The van der Waals surface area contributed by atoms with Crippen molar-refractivity contribution in [3.8, 4) is 0 Å². The van der Waals surface area contributed by atoms with E-state index in [-0.39, 0.29) is 22.7 Å². The van der Waals surface area contributed by atoms with Gasteiger partial charge in [-0.3, -0.25) is 10.1 Å². The third-order valence-electron chi connectivity index (χ3n) is 2.72.